The molecule has 1 aliphatic rings. The number of carbonyl (C=O) groups is 2. The molecule has 0 saturated heterocycles. The first-order valence-corrected chi connectivity index (χ1v) is 11.8. The second-order valence-electron chi connectivity index (χ2n) is 7.78. The monoisotopic (exact) mass is 466 g/mol. The molecular weight excluding hydrogens is 440 g/mol. The maximum Gasteiger partial charge on any atom is 0.253 e. The molecule has 0 spiro atoms. The lowest BCUT2D eigenvalue weighted by Crippen LogP contribution is -2.28. The van der Waals surface area contributed by atoms with E-state index in [1.165, 1.54) is 22.3 Å². The lowest BCUT2D eigenvalue weighted by atomic mass is 10.0. The molecule has 10 heteroatoms. The molecule has 1 unspecified atom stereocenters. The van der Waals surface area contributed by atoms with Gasteiger partial charge in [-0.1, -0.05) is 41.6 Å². The molecule has 9 nitrogen and oxygen atoms in total. The zero-order chi connectivity index (χ0) is 23.4. The minimum atomic E-state index is -0.384. The van der Waals surface area contributed by atoms with Gasteiger partial charge in [0.2, 0.25) is 5.91 Å². The van der Waals surface area contributed by atoms with Crippen LogP contribution in [0, 0.1) is 6.92 Å². The van der Waals surface area contributed by atoms with Crippen LogP contribution >= 0.6 is 11.8 Å². The maximum atomic E-state index is 13.2. The Bertz CT molecular complexity index is 1150. The molecule has 2 aromatic heterocycles. The van der Waals surface area contributed by atoms with Gasteiger partial charge < -0.3 is 14.7 Å². The molecule has 0 radical (unpaired) electrons. The number of aryl methyl sites for hydroxylation is 2. The molecule has 0 saturated carbocycles. The van der Waals surface area contributed by atoms with E-state index in [0.717, 1.165) is 11.3 Å². The summed E-state index contributed by atoms with van der Waals surface area (Å²) in [5, 5.41) is 15.2. The van der Waals surface area contributed by atoms with E-state index in [0.29, 0.717) is 36.1 Å². The predicted octanol–water partition coefficient (Wildman–Crippen LogP) is 3.09. The summed E-state index contributed by atoms with van der Waals surface area (Å²) in [5.41, 5.74) is 8.25. The summed E-state index contributed by atoms with van der Waals surface area (Å²) in [6, 6.07) is 11.5. The number of carbonyl (C=O) groups excluding carboxylic acids is 2. The van der Waals surface area contributed by atoms with E-state index in [-0.39, 0.29) is 30.0 Å². The first-order chi connectivity index (χ1) is 16.0. The van der Waals surface area contributed by atoms with Crippen molar-refractivity contribution in [3.8, 4) is 0 Å². The minimum Gasteiger partial charge on any atom is -0.467 e. The maximum absolute atomic E-state index is 13.2. The third-order valence-electron chi connectivity index (χ3n) is 5.45. The number of hydrazone groups is 1. The van der Waals surface area contributed by atoms with Crippen molar-refractivity contribution in [2.75, 3.05) is 5.75 Å². The van der Waals surface area contributed by atoms with E-state index in [1.807, 2.05) is 54.8 Å². The summed E-state index contributed by atoms with van der Waals surface area (Å²) in [6.07, 6.45) is 2.81. The van der Waals surface area contributed by atoms with Crippen LogP contribution in [0.4, 0.5) is 0 Å². The van der Waals surface area contributed by atoms with E-state index < -0.39 is 0 Å². The third kappa shape index (κ3) is 5.16. The number of thioether (sulfide) groups is 1. The molecule has 0 fully saturated rings. The van der Waals surface area contributed by atoms with E-state index in [1.54, 1.807) is 6.26 Å². The molecule has 172 valence electrons. The number of furan rings is 1. The first-order valence-electron chi connectivity index (χ1n) is 10.8. The minimum absolute atomic E-state index is 0.146. The fraction of sp³-hybridized carbons (Fsp3) is 0.348. The fourth-order valence-corrected chi connectivity index (χ4v) is 4.59. The third-order valence-corrected chi connectivity index (χ3v) is 6.40. The summed E-state index contributed by atoms with van der Waals surface area (Å²) < 4.78 is 7.51. The molecule has 0 aliphatic carbocycles. The largest absolute Gasteiger partial charge is 0.467 e. The predicted molar refractivity (Wildman–Crippen MR) is 125 cm³/mol. The highest BCUT2D eigenvalue weighted by Crippen LogP contribution is 2.34. The SMILES string of the molecule is CCn1c(CCC(N)=O)nnc1SCC(=O)N1N=C(c2ccc(C)cc2)CC1c1ccco1. The van der Waals surface area contributed by atoms with Crippen LogP contribution < -0.4 is 5.73 Å². The topological polar surface area (TPSA) is 120 Å². The molecule has 2 amide bonds. The zero-order valence-corrected chi connectivity index (χ0v) is 19.4. The van der Waals surface area contributed by atoms with Crippen molar-refractivity contribution in [1.82, 2.24) is 19.8 Å². The summed E-state index contributed by atoms with van der Waals surface area (Å²) in [5.74, 6) is 0.999. The highest BCUT2D eigenvalue weighted by molar-refractivity contribution is 7.99. The van der Waals surface area contributed by atoms with Crippen LogP contribution in [0.15, 0.2) is 57.3 Å². The quantitative estimate of drug-likeness (QED) is 0.484. The average Bonchev–Trinajstić information content (AvgIpc) is 3.55. The van der Waals surface area contributed by atoms with Crippen molar-refractivity contribution in [3.05, 3.63) is 65.4 Å². The molecule has 33 heavy (non-hydrogen) atoms. The van der Waals surface area contributed by atoms with Crippen molar-refractivity contribution in [3.63, 3.8) is 0 Å². The van der Waals surface area contributed by atoms with Crippen LogP contribution in [0.2, 0.25) is 0 Å². The van der Waals surface area contributed by atoms with Crippen LogP contribution in [0.5, 0.6) is 0 Å². The summed E-state index contributed by atoms with van der Waals surface area (Å²) in [7, 11) is 0. The standard InChI is InChI=1S/C23H26N6O3S/c1-3-28-21(11-10-20(24)30)25-26-23(28)33-14-22(31)29-18(19-5-4-12-32-19)13-17(27-29)16-8-6-15(2)7-9-16/h4-9,12,18H,3,10-11,13-14H2,1-2H3,(H2,24,30). The van der Waals surface area contributed by atoms with Crippen molar-refractivity contribution in [2.45, 2.75) is 50.9 Å². The van der Waals surface area contributed by atoms with Crippen LogP contribution in [-0.4, -0.2) is 43.1 Å². The Labute approximate surface area is 196 Å². The second-order valence-corrected chi connectivity index (χ2v) is 8.73. The number of benzene rings is 1. The Hall–Kier alpha value is -3.40. The number of primary amides is 1. The van der Waals surface area contributed by atoms with E-state index in [4.69, 9.17) is 10.2 Å². The van der Waals surface area contributed by atoms with E-state index in [9.17, 15) is 9.59 Å². The highest BCUT2D eigenvalue weighted by atomic mass is 32.2. The van der Waals surface area contributed by atoms with Crippen LogP contribution in [0.25, 0.3) is 0 Å². The lowest BCUT2D eigenvalue weighted by Gasteiger charge is -2.19. The van der Waals surface area contributed by atoms with Gasteiger partial charge in [0, 0.05) is 25.8 Å². The van der Waals surface area contributed by atoms with E-state index in [2.05, 4.69) is 15.3 Å². The molecule has 1 aromatic carbocycles. The number of amides is 2. The molecular formula is C23H26N6O3S. The number of aromatic nitrogens is 3. The number of nitrogens with zero attached hydrogens (tertiary/aromatic N) is 5. The van der Waals surface area contributed by atoms with Crippen LogP contribution in [-0.2, 0) is 22.6 Å². The van der Waals surface area contributed by atoms with Crippen LogP contribution in [0.1, 0.15) is 48.5 Å². The molecule has 0 bridgehead atoms. The molecule has 1 aliphatic heterocycles. The Kier molecular flexibility index (Phi) is 6.93. The fourth-order valence-electron chi connectivity index (χ4n) is 3.72. The van der Waals surface area contributed by atoms with E-state index >= 15 is 0 Å². The van der Waals surface area contributed by atoms with Crippen molar-refractivity contribution >= 4 is 29.3 Å². The first kappa shape index (κ1) is 22.8. The van der Waals surface area contributed by atoms with Gasteiger partial charge in [0.05, 0.1) is 17.7 Å². The van der Waals surface area contributed by atoms with Crippen molar-refractivity contribution in [1.29, 1.82) is 0 Å². The number of rotatable bonds is 9. The van der Waals surface area contributed by atoms with Gasteiger partial charge in [-0.25, -0.2) is 5.01 Å². The smallest absolute Gasteiger partial charge is 0.253 e. The van der Waals surface area contributed by atoms with Gasteiger partial charge in [0.15, 0.2) is 5.16 Å². The summed E-state index contributed by atoms with van der Waals surface area (Å²) in [6.45, 7) is 4.63. The number of nitrogens with two attached hydrogens (primary N) is 1. The normalized spacial score (nSPS) is 15.6. The van der Waals surface area contributed by atoms with Gasteiger partial charge >= 0.3 is 0 Å². The molecule has 4 rings (SSSR count). The molecule has 2 N–H and O–H groups in total. The second kappa shape index (κ2) is 10.0. The molecule has 3 aromatic rings. The Morgan fingerprint density at radius 1 is 1.21 bits per heavy atom. The lowest BCUT2D eigenvalue weighted by molar-refractivity contribution is -0.130. The van der Waals surface area contributed by atoms with Gasteiger partial charge in [-0.2, -0.15) is 5.10 Å². The van der Waals surface area contributed by atoms with Gasteiger partial charge in [-0.15, -0.1) is 10.2 Å². The van der Waals surface area contributed by atoms with Crippen molar-refractivity contribution < 1.29 is 14.0 Å². The summed E-state index contributed by atoms with van der Waals surface area (Å²) >= 11 is 1.30. The Balaban J connectivity index is 1.50. The van der Waals surface area contributed by atoms with Gasteiger partial charge in [-0.05, 0) is 31.5 Å². The van der Waals surface area contributed by atoms with Gasteiger partial charge in [0.25, 0.3) is 5.91 Å². The Morgan fingerprint density at radius 3 is 2.67 bits per heavy atom. The Morgan fingerprint density at radius 2 is 2.00 bits per heavy atom. The van der Waals surface area contributed by atoms with Gasteiger partial charge in [-0.3, -0.25) is 9.59 Å². The average molecular weight is 467 g/mol. The van der Waals surface area contributed by atoms with Gasteiger partial charge in [0.1, 0.15) is 17.6 Å². The molecule has 1 atom stereocenters. The number of hydrogen-bond acceptors (Lipinski definition) is 7. The molecule has 3 heterocycles. The zero-order valence-electron chi connectivity index (χ0n) is 18.6. The number of hydrogen-bond donors (Lipinski definition) is 1. The highest BCUT2D eigenvalue weighted by Gasteiger charge is 2.35. The van der Waals surface area contributed by atoms with Crippen LogP contribution in [0.3, 0.4) is 0 Å². The summed E-state index contributed by atoms with van der Waals surface area (Å²) in [4.78, 5) is 24.3. The van der Waals surface area contributed by atoms with Crippen molar-refractivity contribution in [2.24, 2.45) is 10.8 Å².